The van der Waals surface area contributed by atoms with Crippen LogP contribution < -0.4 is 0 Å². The SMILES string of the molecule is CC(C)C(C(=O)O)c1cn2ccccc2n1. The number of hydrogen-bond acceptors (Lipinski definition) is 2. The minimum absolute atomic E-state index is 0.0300. The summed E-state index contributed by atoms with van der Waals surface area (Å²) in [6.45, 7) is 3.78. The quantitative estimate of drug-likeness (QED) is 0.858. The first-order valence-electron chi connectivity index (χ1n) is 5.26. The van der Waals surface area contributed by atoms with Crippen LogP contribution in [0, 0.1) is 5.92 Å². The summed E-state index contributed by atoms with van der Waals surface area (Å²) in [6.07, 6.45) is 3.65. The molecule has 2 rings (SSSR count). The first-order chi connectivity index (χ1) is 7.59. The molecule has 2 aromatic heterocycles. The number of pyridine rings is 1. The molecule has 1 unspecified atom stereocenters. The van der Waals surface area contributed by atoms with Crippen LogP contribution in [0.4, 0.5) is 0 Å². The number of aromatic nitrogens is 2. The van der Waals surface area contributed by atoms with Crippen molar-refractivity contribution < 1.29 is 9.90 Å². The van der Waals surface area contributed by atoms with Crippen molar-refractivity contribution in [3.63, 3.8) is 0 Å². The Labute approximate surface area is 93.5 Å². The molecule has 0 aliphatic rings. The minimum atomic E-state index is -0.821. The Morgan fingerprint density at radius 3 is 2.75 bits per heavy atom. The van der Waals surface area contributed by atoms with Crippen LogP contribution in [0.2, 0.25) is 0 Å². The molecule has 0 radical (unpaired) electrons. The first-order valence-corrected chi connectivity index (χ1v) is 5.26. The van der Waals surface area contributed by atoms with Crippen molar-refractivity contribution in [2.45, 2.75) is 19.8 Å². The molecular weight excluding hydrogens is 204 g/mol. The number of carboxylic acid groups (broad SMARTS) is 1. The van der Waals surface area contributed by atoms with Crippen molar-refractivity contribution in [2.24, 2.45) is 5.92 Å². The van der Waals surface area contributed by atoms with Crippen LogP contribution in [0.25, 0.3) is 5.65 Å². The van der Waals surface area contributed by atoms with Crippen LogP contribution in [0.15, 0.2) is 30.6 Å². The number of imidazole rings is 1. The zero-order chi connectivity index (χ0) is 11.7. The molecule has 84 valence electrons. The summed E-state index contributed by atoms with van der Waals surface area (Å²) in [7, 11) is 0. The van der Waals surface area contributed by atoms with Gasteiger partial charge in [-0.25, -0.2) is 4.98 Å². The van der Waals surface area contributed by atoms with Crippen LogP contribution in [0.1, 0.15) is 25.5 Å². The molecule has 4 nitrogen and oxygen atoms in total. The van der Waals surface area contributed by atoms with Gasteiger partial charge in [0.1, 0.15) is 11.6 Å². The average Bonchev–Trinajstić information content (AvgIpc) is 2.58. The number of carbonyl (C=O) groups is 1. The van der Waals surface area contributed by atoms with Gasteiger partial charge in [-0.3, -0.25) is 4.79 Å². The summed E-state index contributed by atoms with van der Waals surface area (Å²) in [5.74, 6) is -1.33. The molecule has 0 saturated carbocycles. The Hall–Kier alpha value is -1.84. The number of rotatable bonds is 3. The number of fused-ring (bicyclic) bond motifs is 1. The lowest BCUT2D eigenvalue weighted by Gasteiger charge is -2.12. The summed E-state index contributed by atoms with van der Waals surface area (Å²) >= 11 is 0. The predicted octanol–water partition coefficient (Wildman–Crippen LogP) is 2.16. The van der Waals surface area contributed by atoms with E-state index in [1.54, 1.807) is 6.20 Å². The Morgan fingerprint density at radius 1 is 1.44 bits per heavy atom. The van der Waals surface area contributed by atoms with Gasteiger partial charge < -0.3 is 9.51 Å². The third-order valence-electron chi connectivity index (χ3n) is 2.63. The lowest BCUT2D eigenvalue weighted by atomic mass is 9.93. The Kier molecular flexibility index (Phi) is 2.64. The molecule has 0 aliphatic carbocycles. The van der Waals surface area contributed by atoms with E-state index in [4.69, 9.17) is 0 Å². The summed E-state index contributed by atoms with van der Waals surface area (Å²) in [5, 5.41) is 9.17. The molecule has 4 heteroatoms. The molecule has 1 atom stereocenters. The Morgan fingerprint density at radius 2 is 2.19 bits per heavy atom. The van der Waals surface area contributed by atoms with Crippen molar-refractivity contribution in [1.82, 2.24) is 9.38 Å². The van der Waals surface area contributed by atoms with Gasteiger partial charge in [0.05, 0.1) is 5.69 Å². The molecule has 2 heterocycles. The molecule has 2 aromatic rings. The number of carboxylic acids is 1. The van der Waals surface area contributed by atoms with Gasteiger partial charge in [0, 0.05) is 12.4 Å². The Balaban J connectivity index is 2.49. The zero-order valence-electron chi connectivity index (χ0n) is 9.29. The average molecular weight is 218 g/mol. The smallest absolute Gasteiger partial charge is 0.312 e. The predicted molar refractivity (Wildman–Crippen MR) is 60.4 cm³/mol. The molecule has 0 aliphatic heterocycles. The largest absolute Gasteiger partial charge is 0.481 e. The van der Waals surface area contributed by atoms with E-state index in [1.807, 2.05) is 42.6 Å². The Bertz CT molecular complexity index is 483. The molecule has 16 heavy (non-hydrogen) atoms. The molecule has 0 saturated heterocycles. The van der Waals surface area contributed by atoms with Crippen LogP contribution in [0.3, 0.4) is 0 Å². The maximum atomic E-state index is 11.2. The van der Waals surface area contributed by atoms with E-state index in [2.05, 4.69) is 4.98 Å². The van der Waals surface area contributed by atoms with Crippen molar-refractivity contribution in [3.05, 3.63) is 36.3 Å². The maximum absolute atomic E-state index is 11.2. The first kappa shape index (κ1) is 10.7. The van der Waals surface area contributed by atoms with E-state index < -0.39 is 11.9 Å². The van der Waals surface area contributed by atoms with E-state index >= 15 is 0 Å². The molecule has 0 fully saturated rings. The van der Waals surface area contributed by atoms with Gasteiger partial charge in [0.2, 0.25) is 0 Å². The van der Waals surface area contributed by atoms with E-state index in [9.17, 15) is 9.90 Å². The third-order valence-corrected chi connectivity index (χ3v) is 2.63. The minimum Gasteiger partial charge on any atom is -0.481 e. The van der Waals surface area contributed by atoms with Gasteiger partial charge in [-0.15, -0.1) is 0 Å². The van der Waals surface area contributed by atoms with E-state index in [-0.39, 0.29) is 5.92 Å². The summed E-state index contributed by atoms with van der Waals surface area (Å²) in [4.78, 5) is 15.5. The standard InChI is InChI=1S/C12H14N2O2/c1-8(2)11(12(15)16)9-7-14-6-4-3-5-10(14)13-9/h3-8,11H,1-2H3,(H,15,16). The third kappa shape index (κ3) is 1.78. The lowest BCUT2D eigenvalue weighted by molar-refractivity contribution is -0.139. The number of aliphatic carboxylic acids is 1. The van der Waals surface area contributed by atoms with Crippen molar-refractivity contribution in [3.8, 4) is 0 Å². The van der Waals surface area contributed by atoms with Crippen molar-refractivity contribution in [2.75, 3.05) is 0 Å². The second kappa shape index (κ2) is 3.96. The zero-order valence-corrected chi connectivity index (χ0v) is 9.29. The van der Waals surface area contributed by atoms with E-state index in [1.165, 1.54) is 0 Å². The van der Waals surface area contributed by atoms with E-state index in [0.717, 1.165) is 5.65 Å². The maximum Gasteiger partial charge on any atom is 0.312 e. The molecule has 0 aromatic carbocycles. The fourth-order valence-corrected chi connectivity index (χ4v) is 1.86. The monoisotopic (exact) mass is 218 g/mol. The second-order valence-corrected chi connectivity index (χ2v) is 4.19. The molecule has 0 bridgehead atoms. The lowest BCUT2D eigenvalue weighted by Crippen LogP contribution is -2.17. The highest BCUT2D eigenvalue weighted by Crippen LogP contribution is 2.24. The van der Waals surface area contributed by atoms with Gasteiger partial charge in [-0.2, -0.15) is 0 Å². The molecule has 0 amide bonds. The second-order valence-electron chi connectivity index (χ2n) is 4.19. The number of nitrogens with zero attached hydrogens (tertiary/aromatic N) is 2. The topological polar surface area (TPSA) is 54.6 Å². The van der Waals surface area contributed by atoms with E-state index in [0.29, 0.717) is 5.69 Å². The van der Waals surface area contributed by atoms with Crippen LogP contribution >= 0.6 is 0 Å². The summed E-state index contributed by atoms with van der Waals surface area (Å²) in [6, 6.07) is 5.64. The van der Waals surface area contributed by atoms with Gasteiger partial charge in [0.25, 0.3) is 0 Å². The van der Waals surface area contributed by atoms with Gasteiger partial charge in [0.15, 0.2) is 0 Å². The highest BCUT2D eigenvalue weighted by Gasteiger charge is 2.26. The molecule has 0 spiro atoms. The highest BCUT2D eigenvalue weighted by atomic mass is 16.4. The number of hydrogen-bond donors (Lipinski definition) is 1. The van der Waals surface area contributed by atoms with Crippen LogP contribution in [0.5, 0.6) is 0 Å². The molecule has 1 N–H and O–H groups in total. The van der Waals surface area contributed by atoms with Gasteiger partial charge in [-0.1, -0.05) is 19.9 Å². The fourth-order valence-electron chi connectivity index (χ4n) is 1.86. The van der Waals surface area contributed by atoms with Gasteiger partial charge in [-0.05, 0) is 18.1 Å². The highest BCUT2D eigenvalue weighted by molar-refractivity contribution is 5.76. The normalized spacial score (nSPS) is 13.2. The fraction of sp³-hybridized carbons (Fsp3) is 0.333. The van der Waals surface area contributed by atoms with Crippen LogP contribution in [-0.4, -0.2) is 20.5 Å². The van der Waals surface area contributed by atoms with Crippen molar-refractivity contribution in [1.29, 1.82) is 0 Å². The van der Waals surface area contributed by atoms with Gasteiger partial charge >= 0.3 is 5.97 Å². The van der Waals surface area contributed by atoms with Crippen molar-refractivity contribution >= 4 is 11.6 Å². The summed E-state index contributed by atoms with van der Waals surface area (Å²) < 4.78 is 1.84. The summed E-state index contributed by atoms with van der Waals surface area (Å²) in [5.41, 5.74) is 1.40. The van der Waals surface area contributed by atoms with Crippen LogP contribution in [-0.2, 0) is 4.79 Å². The molecular formula is C12H14N2O2.